The minimum Gasteiger partial charge on any atom is -0.481 e. The Labute approximate surface area is 176 Å². The first-order valence-corrected chi connectivity index (χ1v) is 9.07. The zero-order valence-corrected chi connectivity index (χ0v) is 16.7. The third-order valence-corrected chi connectivity index (χ3v) is 4.41. The second-order valence-electron chi connectivity index (χ2n) is 6.29. The van der Waals surface area contributed by atoms with E-state index in [1.165, 1.54) is 0 Å². The van der Waals surface area contributed by atoms with Gasteiger partial charge in [-0.2, -0.15) is 0 Å². The Bertz CT molecular complexity index is 1030. The molecule has 0 saturated heterocycles. The lowest BCUT2D eigenvalue weighted by atomic mass is 10.0. The van der Waals surface area contributed by atoms with Gasteiger partial charge in [-0.1, -0.05) is 66.7 Å². The summed E-state index contributed by atoms with van der Waals surface area (Å²) in [5.41, 5.74) is 7.70. The maximum Gasteiger partial charge on any atom is 0.303 e. The number of benzene rings is 3. The predicted molar refractivity (Wildman–Crippen MR) is 121 cm³/mol. The minimum absolute atomic E-state index is 0. The van der Waals surface area contributed by atoms with Gasteiger partial charge < -0.3 is 15.5 Å². The van der Waals surface area contributed by atoms with E-state index in [2.05, 4.69) is 10.4 Å². The molecule has 5 nitrogen and oxygen atoms in total. The molecule has 6 heteroatoms. The monoisotopic (exact) mass is 409 g/mol. The number of rotatable bonds is 5. The van der Waals surface area contributed by atoms with Crippen molar-refractivity contribution in [1.82, 2.24) is 4.98 Å². The molecule has 0 aliphatic heterocycles. The number of nitrogens with one attached hydrogen (secondary N) is 2. The average Bonchev–Trinajstić information content (AvgIpc) is 3.12. The predicted octanol–water partition coefficient (Wildman–Crippen LogP) is 5.25. The lowest BCUT2D eigenvalue weighted by molar-refractivity contribution is -0.136. The summed E-state index contributed by atoms with van der Waals surface area (Å²) in [6.07, 6.45) is 0.672. The van der Waals surface area contributed by atoms with E-state index in [9.17, 15) is 4.79 Å². The van der Waals surface area contributed by atoms with Gasteiger partial charge in [0.05, 0.1) is 0 Å². The summed E-state index contributed by atoms with van der Waals surface area (Å²) in [6.45, 7) is 0. The van der Waals surface area contributed by atoms with Gasteiger partial charge in [-0.05, 0) is 35.7 Å². The number of carboxylic acids is 1. The maximum atomic E-state index is 10.9. The molecule has 0 amide bonds. The van der Waals surface area contributed by atoms with Crippen LogP contribution in [0.15, 0.2) is 84.9 Å². The molecule has 0 spiro atoms. The van der Waals surface area contributed by atoms with Gasteiger partial charge in [-0.25, -0.2) is 0 Å². The first-order chi connectivity index (χ1) is 13.7. The largest absolute Gasteiger partial charge is 0.481 e. The summed E-state index contributed by atoms with van der Waals surface area (Å²) in [6, 6.07) is 27.6. The Morgan fingerprint density at radius 3 is 2.07 bits per heavy atom. The van der Waals surface area contributed by atoms with Crippen LogP contribution in [0, 0.1) is 0 Å². The Morgan fingerprint density at radius 1 is 0.897 bits per heavy atom. The zero-order chi connectivity index (χ0) is 19.8. The van der Waals surface area contributed by atoms with Crippen molar-refractivity contribution in [2.45, 2.75) is 12.8 Å². The first kappa shape index (κ1) is 22.0. The van der Waals surface area contributed by atoms with E-state index in [0.29, 0.717) is 6.42 Å². The molecule has 0 saturated carbocycles. The van der Waals surface area contributed by atoms with Gasteiger partial charge in [0, 0.05) is 28.7 Å². The molecule has 0 unspecified atom stereocenters. The summed E-state index contributed by atoms with van der Waals surface area (Å²) in [5, 5.41) is 10.0. The average molecular weight is 410 g/mol. The number of carbonyl (C=O) groups is 1. The summed E-state index contributed by atoms with van der Waals surface area (Å²) < 4.78 is 0. The van der Waals surface area contributed by atoms with Crippen LogP contribution < -0.4 is 11.3 Å². The number of hydrogen-bond donors (Lipinski definition) is 4. The highest BCUT2D eigenvalue weighted by Gasteiger charge is 2.13. The number of halogens is 1. The van der Waals surface area contributed by atoms with Crippen molar-refractivity contribution in [3.05, 3.63) is 90.5 Å². The van der Waals surface area contributed by atoms with E-state index >= 15 is 0 Å². The van der Waals surface area contributed by atoms with Crippen molar-refractivity contribution in [2.75, 3.05) is 5.43 Å². The lowest BCUT2D eigenvalue weighted by Gasteiger charge is -2.03. The second kappa shape index (κ2) is 10.9. The molecule has 4 aromatic rings. The van der Waals surface area contributed by atoms with Gasteiger partial charge in [0.25, 0.3) is 0 Å². The van der Waals surface area contributed by atoms with Crippen LogP contribution in [0.2, 0.25) is 0 Å². The number of anilines is 1. The molecule has 1 heterocycles. The maximum absolute atomic E-state index is 10.9. The van der Waals surface area contributed by atoms with Gasteiger partial charge in [-0.3, -0.25) is 10.6 Å². The molecular weight excluding hydrogens is 386 g/mol. The van der Waals surface area contributed by atoms with Crippen molar-refractivity contribution in [3.63, 3.8) is 0 Å². The minimum atomic E-state index is -0.769. The number of aryl methyl sites for hydroxylation is 1. The van der Waals surface area contributed by atoms with Crippen LogP contribution in [0.1, 0.15) is 12.0 Å². The standard InChI is InChI=1S/C17H15NO2.C6H8N2.ClH/c19-16(20)11-10-14-13-8-4-5-9-15(13)18-17(14)12-6-2-1-3-7-12;7-8-6-4-2-1-3-5-6;/h1-9,18H,10-11H2,(H,19,20);1-5,8H,7H2;1H. The van der Waals surface area contributed by atoms with Crippen LogP contribution in [-0.2, 0) is 11.2 Å². The first-order valence-electron chi connectivity index (χ1n) is 9.07. The van der Waals surface area contributed by atoms with Gasteiger partial charge in [0.15, 0.2) is 0 Å². The zero-order valence-electron chi connectivity index (χ0n) is 15.8. The smallest absolute Gasteiger partial charge is 0.303 e. The Kier molecular flexibility index (Phi) is 8.27. The summed E-state index contributed by atoms with van der Waals surface area (Å²) in [7, 11) is 0. The van der Waals surface area contributed by atoms with Crippen molar-refractivity contribution in [3.8, 4) is 11.3 Å². The molecule has 0 radical (unpaired) electrons. The number of aromatic nitrogens is 1. The SMILES string of the molecule is Cl.NNc1ccccc1.O=C(O)CCc1c(-c2ccccc2)[nH]c2ccccc12. The van der Waals surface area contributed by atoms with Gasteiger partial charge in [0.2, 0.25) is 0 Å². The van der Waals surface area contributed by atoms with E-state index < -0.39 is 5.97 Å². The molecule has 0 bridgehead atoms. The van der Waals surface area contributed by atoms with Gasteiger partial charge >= 0.3 is 5.97 Å². The van der Waals surface area contributed by atoms with Crippen LogP contribution >= 0.6 is 12.4 Å². The normalized spacial score (nSPS) is 9.83. The van der Waals surface area contributed by atoms with Crippen LogP contribution in [0.3, 0.4) is 0 Å². The van der Waals surface area contributed by atoms with Crippen LogP contribution in [0.4, 0.5) is 5.69 Å². The third kappa shape index (κ3) is 5.85. The number of nitrogen functional groups attached to an aromatic ring is 1. The molecule has 150 valence electrons. The number of carboxylic acid groups (broad SMARTS) is 1. The highest BCUT2D eigenvalue weighted by atomic mass is 35.5. The number of nitrogens with two attached hydrogens (primary N) is 1. The highest BCUT2D eigenvalue weighted by molar-refractivity contribution is 5.91. The molecule has 5 N–H and O–H groups in total. The molecule has 0 aliphatic carbocycles. The van der Waals surface area contributed by atoms with E-state index in [-0.39, 0.29) is 18.8 Å². The Hall–Kier alpha value is -3.28. The number of para-hydroxylation sites is 2. The second-order valence-corrected chi connectivity index (χ2v) is 6.29. The van der Waals surface area contributed by atoms with E-state index in [0.717, 1.165) is 33.4 Å². The topological polar surface area (TPSA) is 91.1 Å². The van der Waals surface area contributed by atoms with E-state index in [4.69, 9.17) is 10.9 Å². The van der Waals surface area contributed by atoms with Crippen molar-refractivity contribution in [2.24, 2.45) is 5.84 Å². The summed E-state index contributed by atoms with van der Waals surface area (Å²) in [5.74, 6) is 4.33. The number of aliphatic carboxylic acids is 1. The fourth-order valence-corrected chi connectivity index (χ4v) is 3.08. The van der Waals surface area contributed by atoms with Crippen molar-refractivity contribution >= 4 is 35.0 Å². The molecule has 4 rings (SSSR count). The number of hydrazine groups is 1. The third-order valence-electron chi connectivity index (χ3n) is 4.41. The van der Waals surface area contributed by atoms with Crippen molar-refractivity contribution in [1.29, 1.82) is 0 Å². The van der Waals surface area contributed by atoms with Crippen LogP contribution in [-0.4, -0.2) is 16.1 Å². The summed E-state index contributed by atoms with van der Waals surface area (Å²) >= 11 is 0. The van der Waals surface area contributed by atoms with Gasteiger partial charge in [0.1, 0.15) is 0 Å². The fraction of sp³-hybridized carbons (Fsp3) is 0.0870. The molecular formula is C23H24ClN3O2. The fourth-order valence-electron chi connectivity index (χ4n) is 3.08. The number of fused-ring (bicyclic) bond motifs is 1. The molecule has 29 heavy (non-hydrogen) atoms. The Balaban J connectivity index is 0.000000283. The number of hydrogen-bond acceptors (Lipinski definition) is 3. The molecule has 0 fully saturated rings. The quantitative estimate of drug-likeness (QED) is 0.268. The lowest BCUT2D eigenvalue weighted by Crippen LogP contribution is -2.05. The number of aromatic amines is 1. The highest BCUT2D eigenvalue weighted by Crippen LogP contribution is 2.31. The molecule has 3 aromatic carbocycles. The van der Waals surface area contributed by atoms with Crippen molar-refractivity contribution < 1.29 is 9.90 Å². The van der Waals surface area contributed by atoms with E-state index in [1.807, 2.05) is 84.9 Å². The molecule has 0 aliphatic rings. The van der Waals surface area contributed by atoms with Crippen LogP contribution in [0.25, 0.3) is 22.2 Å². The molecule has 1 aromatic heterocycles. The van der Waals surface area contributed by atoms with E-state index in [1.54, 1.807) is 0 Å². The van der Waals surface area contributed by atoms with Gasteiger partial charge in [-0.15, -0.1) is 12.4 Å². The molecule has 0 atom stereocenters. The Morgan fingerprint density at radius 2 is 1.48 bits per heavy atom. The summed E-state index contributed by atoms with van der Waals surface area (Å²) in [4.78, 5) is 14.3. The number of H-pyrrole nitrogens is 1. The van der Waals surface area contributed by atoms with Crippen LogP contribution in [0.5, 0.6) is 0 Å².